The molecule has 0 unspecified atom stereocenters. The van der Waals surface area contributed by atoms with Gasteiger partial charge in [0.2, 0.25) is 5.71 Å². The third-order valence-electron chi connectivity index (χ3n) is 3.51. The highest BCUT2D eigenvalue weighted by molar-refractivity contribution is 7.86. The van der Waals surface area contributed by atoms with Crippen molar-refractivity contribution in [3.63, 3.8) is 0 Å². The number of Topliss-reactive ketones (excluding diaryl/α,β-unsaturated/α-hetero) is 1. The first-order chi connectivity index (χ1) is 13.1. The Morgan fingerprint density at radius 2 is 1.75 bits per heavy atom. The first-order valence-corrected chi connectivity index (χ1v) is 9.04. The lowest BCUT2D eigenvalue weighted by atomic mass is 10.2. The predicted molar refractivity (Wildman–Crippen MR) is 91.1 cm³/mol. The van der Waals surface area contributed by atoms with Gasteiger partial charge in [0.25, 0.3) is 11.7 Å². The van der Waals surface area contributed by atoms with Gasteiger partial charge in [-0.25, -0.2) is 4.98 Å². The molecule has 0 atom stereocenters. The van der Waals surface area contributed by atoms with Crippen molar-refractivity contribution >= 4 is 32.7 Å². The van der Waals surface area contributed by atoms with E-state index >= 15 is 0 Å². The second-order valence-electron chi connectivity index (χ2n) is 5.60. The van der Waals surface area contributed by atoms with Crippen LogP contribution in [0.2, 0.25) is 0 Å². The molecule has 0 amide bonds. The molecule has 0 saturated heterocycles. The fourth-order valence-corrected chi connectivity index (χ4v) is 2.85. The molecule has 3 aromatic rings. The number of oxime groups is 1. The number of hydrogen-bond acceptors (Lipinski definition) is 7. The number of alkyl halides is 3. The van der Waals surface area contributed by atoms with Crippen LogP contribution in [0.15, 0.2) is 63.0 Å². The molecule has 0 aliphatic heterocycles. The smallest absolute Gasteiger partial charge is 0.435 e. The number of nitrogens with zero attached hydrogens (tertiary/aromatic N) is 2. The molecule has 1 heterocycles. The number of ketones is 1. The average Bonchev–Trinajstić information content (AvgIpc) is 3.05. The van der Waals surface area contributed by atoms with Gasteiger partial charge in [0, 0.05) is 0 Å². The SMILES string of the molecule is Cc1ccc(S(=O)(=O)O/N=C(\C(=O)C(F)(F)F)c2nc3ccccc3o2)cc1. The summed E-state index contributed by atoms with van der Waals surface area (Å²) >= 11 is 0. The number of aromatic nitrogens is 1. The van der Waals surface area contributed by atoms with E-state index in [-0.39, 0.29) is 16.0 Å². The van der Waals surface area contributed by atoms with Gasteiger partial charge in [-0.3, -0.25) is 9.08 Å². The number of aryl methyl sites for hydroxylation is 1. The minimum atomic E-state index is -5.35. The van der Waals surface area contributed by atoms with Gasteiger partial charge in [-0.1, -0.05) is 35.0 Å². The number of carbonyl (C=O) groups is 1. The molecule has 0 aliphatic rings. The van der Waals surface area contributed by atoms with Crippen molar-refractivity contribution in [3.8, 4) is 0 Å². The lowest BCUT2D eigenvalue weighted by molar-refractivity contribution is -0.163. The second kappa shape index (κ2) is 7.08. The van der Waals surface area contributed by atoms with Gasteiger partial charge in [0.1, 0.15) is 10.4 Å². The monoisotopic (exact) mass is 412 g/mol. The largest absolute Gasteiger partial charge is 0.456 e. The summed E-state index contributed by atoms with van der Waals surface area (Å²) in [7, 11) is -4.57. The molecule has 0 N–H and O–H groups in total. The van der Waals surface area contributed by atoms with Crippen LogP contribution in [-0.2, 0) is 19.2 Å². The fourth-order valence-electron chi connectivity index (χ4n) is 2.12. The van der Waals surface area contributed by atoms with Crippen LogP contribution < -0.4 is 0 Å². The molecule has 146 valence electrons. The Bertz CT molecular complexity index is 1130. The maximum absolute atomic E-state index is 12.9. The Kier molecular flexibility index (Phi) is 4.94. The molecule has 28 heavy (non-hydrogen) atoms. The third-order valence-corrected chi connectivity index (χ3v) is 4.63. The average molecular weight is 412 g/mol. The zero-order chi connectivity index (χ0) is 20.5. The zero-order valence-electron chi connectivity index (χ0n) is 14.1. The van der Waals surface area contributed by atoms with Gasteiger partial charge in [-0.15, -0.1) is 0 Å². The number of hydrogen-bond donors (Lipinski definition) is 0. The van der Waals surface area contributed by atoms with Crippen LogP contribution in [0.1, 0.15) is 11.5 Å². The van der Waals surface area contributed by atoms with Crippen LogP contribution in [-0.4, -0.2) is 31.1 Å². The zero-order valence-corrected chi connectivity index (χ0v) is 14.9. The first-order valence-electron chi connectivity index (χ1n) is 7.64. The first kappa shape index (κ1) is 19.5. The number of halogens is 3. The fraction of sp³-hybridized carbons (Fsp3) is 0.118. The van der Waals surface area contributed by atoms with Crippen LogP contribution in [0.5, 0.6) is 0 Å². The highest BCUT2D eigenvalue weighted by Crippen LogP contribution is 2.23. The molecule has 0 spiro atoms. The van der Waals surface area contributed by atoms with Gasteiger partial charge in [0.05, 0.1) is 0 Å². The maximum Gasteiger partial charge on any atom is 0.456 e. The molecule has 0 aliphatic carbocycles. The summed E-state index contributed by atoms with van der Waals surface area (Å²) in [5.41, 5.74) is -0.426. The van der Waals surface area contributed by atoms with E-state index in [2.05, 4.69) is 14.4 Å². The van der Waals surface area contributed by atoms with Crippen molar-refractivity contribution in [1.82, 2.24) is 4.98 Å². The summed E-state index contributed by atoms with van der Waals surface area (Å²) < 4.78 is 72.5. The molecule has 1 aromatic heterocycles. The van der Waals surface area contributed by atoms with Crippen LogP contribution in [0.4, 0.5) is 13.2 Å². The highest BCUT2D eigenvalue weighted by atomic mass is 32.2. The summed E-state index contributed by atoms with van der Waals surface area (Å²) in [6, 6.07) is 11.2. The summed E-state index contributed by atoms with van der Waals surface area (Å²) in [5, 5.41) is 2.93. The van der Waals surface area contributed by atoms with Crippen LogP contribution in [0.3, 0.4) is 0 Å². The topological polar surface area (TPSA) is 98.8 Å². The quantitative estimate of drug-likeness (QED) is 0.471. The third kappa shape index (κ3) is 4.03. The van der Waals surface area contributed by atoms with Gasteiger partial charge in [0.15, 0.2) is 5.58 Å². The van der Waals surface area contributed by atoms with E-state index in [1.54, 1.807) is 13.0 Å². The lowest BCUT2D eigenvalue weighted by Gasteiger charge is -2.06. The Labute approximate surface area is 156 Å². The number of para-hydroxylation sites is 2. The summed E-state index contributed by atoms with van der Waals surface area (Å²) in [5.74, 6) is -3.28. The Hall–Kier alpha value is -3.21. The van der Waals surface area contributed by atoms with Gasteiger partial charge >= 0.3 is 16.3 Å². The minimum absolute atomic E-state index is 0.0848. The molecule has 3 rings (SSSR count). The van der Waals surface area contributed by atoms with E-state index in [0.29, 0.717) is 0 Å². The Morgan fingerprint density at radius 3 is 2.36 bits per heavy atom. The number of carbonyl (C=O) groups excluding carboxylic acids is 1. The lowest BCUT2D eigenvalue weighted by Crippen LogP contribution is -2.32. The standard InChI is InChI=1S/C17H11F3N2O5S/c1-10-6-8-11(9-7-10)28(24,25)27-22-14(15(23)17(18,19)20)16-21-12-4-2-3-5-13(12)26-16/h2-9H,1H3/b22-14+. The van der Waals surface area contributed by atoms with Crippen molar-refractivity contribution in [2.75, 3.05) is 0 Å². The normalized spacial score (nSPS) is 12.9. The van der Waals surface area contributed by atoms with E-state index in [1.807, 2.05) is 0 Å². The minimum Gasteiger partial charge on any atom is -0.435 e. The number of fused-ring (bicyclic) bond motifs is 1. The van der Waals surface area contributed by atoms with E-state index in [9.17, 15) is 26.4 Å². The van der Waals surface area contributed by atoms with Crippen LogP contribution in [0, 0.1) is 6.92 Å². The second-order valence-corrected chi connectivity index (χ2v) is 7.12. The van der Waals surface area contributed by atoms with Crippen LogP contribution in [0.25, 0.3) is 11.1 Å². The summed E-state index contributed by atoms with van der Waals surface area (Å²) in [6.07, 6.45) is -5.35. The molecule has 2 aromatic carbocycles. The molecule has 0 radical (unpaired) electrons. The van der Waals surface area contributed by atoms with Gasteiger partial charge in [-0.05, 0) is 31.2 Å². The molecular formula is C17H11F3N2O5S. The van der Waals surface area contributed by atoms with Crippen LogP contribution >= 0.6 is 0 Å². The molecule has 0 bridgehead atoms. The van der Waals surface area contributed by atoms with Crippen molar-refractivity contribution in [3.05, 3.63) is 60.0 Å². The molecular weight excluding hydrogens is 401 g/mol. The van der Waals surface area contributed by atoms with E-state index < -0.39 is 33.7 Å². The predicted octanol–water partition coefficient (Wildman–Crippen LogP) is 3.38. The molecule has 7 nitrogen and oxygen atoms in total. The van der Waals surface area contributed by atoms with Crippen molar-refractivity contribution in [2.45, 2.75) is 18.0 Å². The highest BCUT2D eigenvalue weighted by Gasteiger charge is 2.45. The van der Waals surface area contributed by atoms with E-state index in [0.717, 1.165) is 5.56 Å². The van der Waals surface area contributed by atoms with Crippen molar-refractivity contribution in [2.24, 2.45) is 5.16 Å². The maximum atomic E-state index is 12.9. The molecule has 0 fully saturated rings. The number of rotatable bonds is 5. The molecule has 11 heteroatoms. The number of benzene rings is 2. The Balaban J connectivity index is 2.03. The van der Waals surface area contributed by atoms with Crippen molar-refractivity contribution < 1.29 is 35.1 Å². The Morgan fingerprint density at radius 1 is 1.11 bits per heavy atom. The van der Waals surface area contributed by atoms with Gasteiger partial charge < -0.3 is 4.42 Å². The van der Waals surface area contributed by atoms with E-state index in [1.165, 1.54) is 42.5 Å². The van der Waals surface area contributed by atoms with Gasteiger partial charge in [-0.2, -0.15) is 21.6 Å². The molecule has 0 saturated carbocycles. The van der Waals surface area contributed by atoms with E-state index in [4.69, 9.17) is 4.42 Å². The van der Waals surface area contributed by atoms with Crippen molar-refractivity contribution in [1.29, 1.82) is 0 Å². The summed E-state index contributed by atoms with van der Waals surface area (Å²) in [6.45, 7) is 1.71. The summed E-state index contributed by atoms with van der Waals surface area (Å²) in [4.78, 5) is 15.1. The number of oxazole rings is 1.